The monoisotopic (exact) mass is 398 g/mol. The molecule has 9 heteroatoms. The first-order chi connectivity index (χ1) is 13.6. The van der Waals surface area contributed by atoms with Crippen LogP contribution < -0.4 is 15.5 Å². The molecule has 0 atom stereocenters. The van der Waals surface area contributed by atoms with Crippen molar-refractivity contribution in [3.63, 3.8) is 0 Å². The van der Waals surface area contributed by atoms with E-state index in [0.717, 1.165) is 29.8 Å². The molecule has 1 saturated heterocycles. The van der Waals surface area contributed by atoms with Crippen LogP contribution in [-0.2, 0) is 17.8 Å². The lowest BCUT2D eigenvalue weighted by atomic mass is 10.3. The van der Waals surface area contributed by atoms with Crippen LogP contribution in [0.1, 0.15) is 17.9 Å². The molecule has 1 aliphatic rings. The van der Waals surface area contributed by atoms with Crippen LogP contribution in [0.3, 0.4) is 0 Å². The Morgan fingerprint density at radius 3 is 3.00 bits per heavy atom. The summed E-state index contributed by atoms with van der Waals surface area (Å²) in [7, 11) is 0. The predicted octanol–water partition coefficient (Wildman–Crippen LogP) is 2.08. The van der Waals surface area contributed by atoms with Crippen LogP contribution in [0.15, 0.2) is 29.6 Å². The number of rotatable bonds is 7. The lowest BCUT2D eigenvalue weighted by Crippen LogP contribution is -2.28. The number of aryl methyl sites for hydroxylation is 2. The first-order valence-electron chi connectivity index (χ1n) is 9.30. The average Bonchev–Trinajstić information content (AvgIpc) is 3.37. The van der Waals surface area contributed by atoms with Gasteiger partial charge in [0.1, 0.15) is 5.82 Å². The van der Waals surface area contributed by atoms with Crippen molar-refractivity contribution in [1.82, 2.24) is 25.2 Å². The zero-order valence-electron chi connectivity index (χ0n) is 15.6. The Balaban J connectivity index is 1.25. The van der Waals surface area contributed by atoms with Crippen LogP contribution in [-0.4, -0.2) is 46.1 Å². The maximum Gasteiger partial charge on any atom is 0.323 e. The maximum atomic E-state index is 12.2. The molecule has 0 unspecified atom stereocenters. The van der Waals surface area contributed by atoms with Gasteiger partial charge in [-0.2, -0.15) is 0 Å². The maximum absolute atomic E-state index is 12.2. The summed E-state index contributed by atoms with van der Waals surface area (Å²) in [5.41, 5.74) is 2.80. The Morgan fingerprint density at radius 1 is 1.32 bits per heavy atom. The Hall–Kier alpha value is -2.94. The summed E-state index contributed by atoms with van der Waals surface area (Å²) in [6, 6.07) is 7.94. The molecule has 1 aliphatic heterocycles. The minimum atomic E-state index is -0.132. The van der Waals surface area contributed by atoms with E-state index in [2.05, 4.69) is 31.2 Å². The zero-order valence-corrected chi connectivity index (χ0v) is 16.5. The first-order valence-corrected chi connectivity index (χ1v) is 10.2. The molecule has 1 fully saturated rings. The highest BCUT2D eigenvalue weighted by Gasteiger charge is 2.24. The van der Waals surface area contributed by atoms with Gasteiger partial charge in [0.25, 0.3) is 0 Å². The number of benzene rings is 1. The number of anilines is 1. The third-order valence-electron chi connectivity index (χ3n) is 4.70. The molecule has 2 N–H and O–H groups in total. The minimum Gasteiger partial charge on any atom is -0.356 e. The summed E-state index contributed by atoms with van der Waals surface area (Å²) in [4.78, 5) is 34.4. The van der Waals surface area contributed by atoms with E-state index < -0.39 is 0 Å². The van der Waals surface area contributed by atoms with Crippen LogP contribution in [0.4, 0.5) is 9.93 Å². The molecule has 4 rings (SSSR count). The van der Waals surface area contributed by atoms with Crippen molar-refractivity contribution in [2.45, 2.75) is 26.3 Å². The van der Waals surface area contributed by atoms with Crippen LogP contribution in [0.25, 0.3) is 11.0 Å². The number of hydrogen-bond donors (Lipinski definition) is 2. The van der Waals surface area contributed by atoms with E-state index in [-0.39, 0.29) is 18.4 Å². The normalized spacial score (nSPS) is 13.9. The molecule has 3 heterocycles. The molecule has 0 spiro atoms. The molecule has 3 aromatic rings. The second kappa shape index (κ2) is 7.97. The van der Waals surface area contributed by atoms with Crippen molar-refractivity contribution in [1.29, 1.82) is 0 Å². The lowest BCUT2D eigenvalue weighted by molar-refractivity contribution is -0.120. The summed E-state index contributed by atoms with van der Waals surface area (Å²) in [6.07, 6.45) is 1.04. The Kier molecular flexibility index (Phi) is 5.25. The topological polar surface area (TPSA) is 92.2 Å². The third-order valence-corrected chi connectivity index (χ3v) is 5.61. The van der Waals surface area contributed by atoms with Gasteiger partial charge in [-0.3, -0.25) is 9.69 Å². The molecular weight excluding hydrogens is 376 g/mol. The highest BCUT2D eigenvalue weighted by Crippen LogP contribution is 2.22. The Bertz CT molecular complexity index is 1010. The van der Waals surface area contributed by atoms with Crippen molar-refractivity contribution in [3.8, 4) is 0 Å². The van der Waals surface area contributed by atoms with E-state index in [1.807, 2.05) is 30.5 Å². The van der Waals surface area contributed by atoms with Gasteiger partial charge >= 0.3 is 6.03 Å². The number of nitrogens with zero attached hydrogens (tertiary/aromatic N) is 4. The zero-order chi connectivity index (χ0) is 19.5. The molecule has 0 bridgehead atoms. The fourth-order valence-corrected chi connectivity index (χ4v) is 4.17. The predicted molar refractivity (Wildman–Crippen MR) is 109 cm³/mol. The lowest BCUT2D eigenvalue weighted by Gasteiger charge is -2.09. The van der Waals surface area contributed by atoms with Crippen LogP contribution in [0.2, 0.25) is 0 Å². The number of thiazole rings is 1. The third kappa shape index (κ3) is 3.84. The summed E-state index contributed by atoms with van der Waals surface area (Å²) in [5, 5.41) is 8.17. The van der Waals surface area contributed by atoms with Gasteiger partial charge in [-0.1, -0.05) is 12.1 Å². The number of hydrogen-bond acceptors (Lipinski definition) is 5. The van der Waals surface area contributed by atoms with E-state index in [9.17, 15) is 9.59 Å². The number of urea groups is 1. The molecule has 1 aromatic carbocycles. The van der Waals surface area contributed by atoms with Crippen LogP contribution in [0.5, 0.6) is 0 Å². The Morgan fingerprint density at radius 2 is 2.18 bits per heavy atom. The van der Waals surface area contributed by atoms with Gasteiger partial charge in [0.2, 0.25) is 5.91 Å². The number of imidazole rings is 1. The summed E-state index contributed by atoms with van der Waals surface area (Å²) in [6.45, 7) is 4.63. The number of carbonyl (C=O) groups excluding carboxylic acids is 2. The molecule has 0 aliphatic carbocycles. The van der Waals surface area contributed by atoms with Gasteiger partial charge in [-0.15, -0.1) is 11.3 Å². The van der Waals surface area contributed by atoms with E-state index in [1.165, 1.54) is 11.3 Å². The highest BCUT2D eigenvalue weighted by atomic mass is 32.1. The SMILES string of the molecule is Cc1nc2ccccc2n1CCCNC(=O)Cc1csc(N2CCNC2=O)n1. The number of fused-ring (bicyclic) bond motifs is 1. The summed E-state index contributed by atoms with van der Waals surface area (Å²) >= 11 is 1.39. The molecule has 28 heavy (non-hydrogen) atoms. The number of para-hydroxylation sites is 2. The number of nitrogens with one attached hydrogen (secondary N) is 2. The van der Waals surface area contributed by atoms with E-state index in [0.29, 0.717) is 30.5 Å². The average molecular weight is 398 g/mol. The molecular formula is C19H22N6O2S. The minimum absolute atomic E-state index is 0.0602. The quantitative estimate of drug-likeness (QED) is 0.596. The van der Waals surface area contributed by atoms with Gasteiger partial charge in [0.15, 0.2) is 5.13 Å². The van der Waals surface area contributed by atoms with Gasteiger partial charge < -0.3 is 15.2 Å². The molecule has 3 amide bonds. The standard InChI is InChI=1S/C19H22N6O2S/c1-13-22-15-5-2-3-6-16(15)24(13)9-4-7-20-17(26)11-14-12-28-19(23-14)25-10-8-21-18(25)27/h2-3,5-6,12H,4,7-11H2,1H3,(H,20,26)(H,21,27). The molecule has 8 nitrogen and oxygen atoms in total. The van der Waals surface area contributed by atoms with Crippen LogP contribution >= 0.6 is 11.3 Å². The molecule has 0 radical (unpaired) electrons. The van der Waals surface area contributed by atoms with Crippen molar-refractivity contribution in [3.05, 3.63) is 41.2 Å². The van der Waals surface area contributed by atoms with E-state index in [1.54, 1.807) is 4.90 Å². The number of aromatic nitrogens is 3. The Labute approximate surface area is 166 Å². The summed E-state index contributed by atoms with van der Waals surface area (Å²) < 4.78 is 2.18. The number of amides is 3. The smallest absolute Gasteiger partial charge is 0.323 e. The van der Waals surface area contributed by atoms with Crippen molar-refractivity contribution in [2.24, 2.45) is 0 Å². The van der Waals surface area contributed by atoms with Crippen molar-refractivity contribution >= 4 is 39.4 Å². The first kappa shape index (κ1) is 18.4. The fourth-order valence-electron chi connectivity index (χ4n) is 3.33. The van der Waals surface area contributed by atoms with Gasteiger partial charge in [0.05, 0.1) is 23.1 Å². The number of carbonyl (C=O) groups is 2. The van der Waals surface area contributed by atoms with Gasteiger partial charge in [-0.25, -0.2) is 14.8 Å². The molecule has 146 valence electrons. The largest absolute Gasteiger partial charge is 0.356 e. The summed E-state index contributed by atoms with van der Waals surface area (Å²) in [5.74, 6) is 0.920. The van der Waals surface area contributed by atoms with Crippen LogP contribution in [0, 0.1) is 6.92 Å². The van der Waals surface area contributed by atoms with E-state index >= 15 is 0 Å². The second-order valence-electron chi connectivity index (χ2n) is 6.68. The van der Waals surface area contributed by atoms with Crippen molar-refractivity contribution in [2.75, 3.05) is 24.5 Å². The highest BCUT2D eigenvalue weighted by molar-refractivity contribution is 7.14. The van der Waals surface area contributed by atoms with Crippen molar-refractivity contribution < 1.29 is 9.59 Å². The molecule has 0 saturated carbocycles. The van der Waals surface area contributed by atoms with E-state index in [4.69, 9.17) is 0 Å². The van der Waals surface area contributed by atoms with Gasteiger partial charge in [-0.05, 0) is 25.5 Å². The second-order valence-corrected chi connectivity index (χ2v) is 7.52. The van der Waals surface area contributed by atoms with Gasteiger partial charge in [0, 0.05) is 31.6 Å². The molecule has 2 aromatic heterocycles. The fraction of sp³-hybridized carbons (Fsp3) is 0.368.